The predicted octanol–water partition coefficient (Wildman–Crippen LogP) is 1.86. The molecule has 1 radical (unpaired) electrons. The second-order valence-corrected chi connectivity index (χ2v) is 4.36. The van der Waals surface area contributed by atoms with E-state index in [0.717, 1.165) is 5.56 Å². The average Bonchev–Trinajstić information content (AvgIpc) is 2.37. The van der Waals surface area contributed by atoms with Gasteiger partial charge in [0.2, 0.25) is 0 Å². The number of nitrogens with zero attached hydrogens (tertiary/aromatic N) is 1. The van der Waals surface area contributed by atoms with Crippen molar-refractivity contribution in [1.29, 1.82) is 0 Å². The number of aliphatic hydroxyl groups excluding tert-OH is 1. The van der Waals surface area contributed by atoms with Crippen molar-refractivity contribution in [2.75, 3.05) is 6.61 Å². The van der Waals surface area contributed by atoms with E-state index in [0.29, 0.717) is 18.4 Å². The fraction of sp³-hybridized carbons (Fsp3) is 0.417. The normalized spacial score (nSPS) is 16.4. The topological polar surface area (TPSA) is 66.3 Å². The minimum atomic E-state index is -3.25. The summed E-state index contributed by atoms with van der Waals surface area (Å²) in [4.78, 5) is 11.1. The lowest BCUT2D eigenvalue weighted by Crippen LogP contribution is -2.33. The number of benzene rings is 1. The number of hydrogen-bond donors (Lipinski definition) is 2. The lowest BCUT2D eigenvalue weighted by molar-refractivity contribution is -0.474. The Morgan fingerprint density at radius 2 is 2.11 bits per heavy atom. The van der Waals surface area contributed by atoms with Gasteiger partial charge < -0.3 is 5.11 Å². The van der Waals surface area contributed by atoms with Gasteiger partial charge in [0.15, 0.2) is 4.87 Å². The highest BCUT2D eigenvalue weighted by atomic mass is 19.3. The first-order valence-electron chi connectivity index (χ1n) is 5.66. The molecular weight excluding hydrogens is 242 g/mol. The van der Waals surface area contributed by atoms with E-state index >= 15 is 0 Å². The van der Waals surface area contributed by atoms with Gasteiger partial charge in [-0.15, -0.1) is 0 Å². The van der Waals surface area contributed by atoms with E-state index in [9.17, 15) is 13.7 Å². The standard InChI is InChI=1S/C12H14F2N2O2/c13-12(14,7-17)11-3-1-2-8-4-5-9(16(15)18)6-10(8)11/h4-6,17H,1-3,7H2,(H2,15,18)/q+1. The molecule has 0 aliphatic heterocycles. The maximum absolute atomic E-state index is 13.6. The summed E-state index contributed by atoms with van der Waals surface area (Å²) in [5.74, 6) is 1.70. The molecule has 1 aliphatic rings. The Morgan fingerprint density at radius 1 is 1.39 bits per heavy atom. The molecule has 6 heteroatoms. The third-order valence-corrected chi connectivity index (χ3v) is 3.19. The molecular formula is C12H14F2N2O2+. The van der Waals surface area contributed by atoms with Crippen LogP contribution in [0.15, 0.2) is 18.2 Å². The Balaban J connectivity index is 2.47. The summed E-state index contributed by atoms with van der Waals surface area (Å²) in [6.45, 7) is -1.23. The molecule has 18 heavy (non-hydrogen) atoms. The molecule has 0 saturated carbocycles. The first-order valence-corrected chi connectivity index (χ1v) is 5.66. The van der Waals surface area contributed by atoms with Crippen LogP contribution < -0.4 is 5.84 Å². The molecule has 97 valence electrons. The number of halogens is 2. The van der Waals surface area contributed by atoms with Crippen LogP contribution in [-0.4, -0.2) is 22.5 Å². The largest absolute Gasteiger partial charge is 0.390 e. The first-order chi connectivity index (χ1) is 8.45. The molecule has 0 heterocycles. The Kier molecular flexibility index (Phi) is 3.30. The van der Waals surface area contributed by atoms with Gasteiger partial charge in [-0.05, 0) is 30.4 Å². The van der Waals surface area contributed by atoms with E-state index in [2.05, 4.69) is 0 Å². The van der Waals surface area contributed by atoms with Crippen molar-refractivity contribution >= 4 is 5.69 Å². The van der Waals surface area contributed by atoms with E-state index < -0.39 is 12.5 Å². The maximum atomic E-state index is 13.6. The Bertz CT molecular complexity index is 477. The number of aliphatic hydroxyl groups is 1. The van der Waals surface area contributed by atoms with Crippen molar-refractivity contribution in [3.63, 3.8) is 0 Å². The molecule has 0 bridgehead atoms. The zero-order valence-corrected chi connectivity index (χ0v) is 9.70. The van der Waals surface area contributed by atoms with Crippen LogP contribution in [0.1, 0.15) is 24.0 Å². The molecule has 0 saturated heterocycles. The van der Waals surface area contributed by atoms with E-state index in [1.165, 1.54) is 12.1 Å². The lowest BCUT2D eigenvalue weighted by atomic mass is 9.79. The summed E-state index contributed by atoms with van der Waals surface area (Å²) < 4.78 is 27.3. The highest BCUT2D eigenvalue weighted by Gasteiger charge is 2.43. The first kappa shape index (κ1) is 12.9. The summed E-state index contributed by atoms with van der Waals surface area (Å²) in [5, 5.41) is 8.78. The smallest absolute Gasteiger partial charge is 0.291 e. The Morgan fingerprint density at radius 3 is 2.72 bits per heavy atom. The molecule has 0 atom stereocenters. The number of nitroso groups, excluding NO2 is 1. The van der Waals surface area contributed by atoms with Gasteiger partial charge in [0.1, 0.15) is 6.61 Å². The highest BCUT2D eigenvalue weighted by Crippen LogP contribution is 2.42. The molecule has 0 amide bonds. The van der Waals surface area contributed by atoms with Gasteiger partial charge in [-0.25, -0.2) is 8.78 Å². The molecule has 0 unspecified atom stereocenters. The van der Waals surface area contributed by atoms with Crippen LogP contribution in [0.25, 0.3) is 0 Å². The third-order valence-electron chi connectivity index (χ3n) is 3.19. The van der Waals surface area contributed by atoms with Crippen LogP contribution >= 0.6 is 0 Å². The number of aryl methyl sites for hydroxylation is 1. The minimum Gasteiger partial charge on any atom is -0.390 e. The van der Waals surface area contributed by atoms with Gasteiger partial charge in [-0.1, -0.05) is 6.07 Å². The lowest BCUT2D eigenvalue weighted by Gasteiger charge is -2.30. The second kappa shape index (κ2) is 4.61. The average molecular weight is 256 g/mol. The second-order valence-electron chi connectivity index (χ2n) is 4.36. The molecule has 1 aromatic rings. The molecule has 1 aromatic carbocycles. The van der Waals surface area contributed by atoms with E-state index in [-0.39, 0.29) is 22.9 Å². The summed E-state index contributed by atoms with van der Waals surface area (Å²) in [7, 11) is 0. The third kappa shape index (κ3) is 2.20. The zero-order valence-electron chi connectivity index (χ0n) is 9.70. The summed E-state index contributed by atoms with van der Waals surface area (Å²) in [6.07, 6.45) is 1.51. The van der Waals surface area contributed by atoms with Crippen LogP contribution in [-0.2, 0) is 6.42 Å². The monoisotopic (exact) mass is 256 g/mol. The van der Waals surface area contributed by atoms with Gasteiger partial charge in [-0.3, -0.25) is 0 Å². The minimum absolute atomic E-state index is 0.116. The van der Waals surface area contributed by atoms with Gasteiger partial charge >= 0.3 is 0 Å². The van der Waals surface area contributed by atoms with E-state index in [1.807, 2.05) is 0 Å². The number of hydrazine groups is 1. The van der Waals surface area contributed by atoms with E-state index in [1.54, 1.807) is 6.07 Å². The van der Waals surface area contributed by atoms with Gasteiger partial charge in [0.05, 0.1) is 10.8 Å². The number of fused-ring (bicyclic) bond motifs is 1. The Hall–Kier alpha value is -1.56. The molecule has 2 rings (SSSR count). The quantitative estimate of drug-likeness (QED) is 0.493. The zero-order chi connectivity index (χ0) is 13.3. The Labute approximate surface area is 103 Å². The number of nitrogens with two attached hydrogens (primary N) is 1. The summed E-state index contributed by atoms with van der Waals surface area (Å²) in [6, 6.07) is 4.50. The van der Waals surface area contributed by atoms with Crippen molar-refractivity contribution in [1.82, 2.24) is 0 Å². The molecule has 0 spiro atoms. The molecule has 0 aromatic heterocycles. The van der Waals surface area contributed by atoms with Crippen LogP contribution in [0.5, 0.6) is 0 Å². The number of rotatable bonds is 3. The maximum Gasteiger partial charge on any atom is 0.291 e. The molecule has 1 aliphatic carbocycles. The van der Waals surface area contributed by atoms with Crippen LogP contribution in [0.3, 0.4) is 0 Å². The molecule has 4 nitrogen and oxygen atoms in total. The fourth-order valence-electron chi connectivity index (χ4n) is 2.27. The van der Waals surface area contributed by atoms with Crippen LogP contribution in [0.4, 0.5) is 14.5 Å². The SMILES string of the molecule is N[N+](=O)c1ccc2c(c1)[C](C(F)(F)CO)CCC2. The highest BCUT2D eigenvalue weighted by molar-refractivity contribution is 5.49. The van der Waals surface area contributed by atoms with Crippen molar-refractivity contribution < 1.29 is 18.8 Å². The molecule has 0 fully saturated rings. The number of alkyl halides is 2. The van der Waals surface area contributed by atoms with Crippen LogP contribution in [0, 0.1) is 10.8 Å². The van der Waals surface area contributed by atoms with Gasteiger partial charge in [0, 0.05) is 12.1 Å². The van der Waals surface area contributed by atoms with Crippen molar-refractivity contribution in [3.8, 4) is 0 Å². The fourth-order valence-corrected chi connectivity index (χ4v) is 2.27. The van der Waals surface area contributed by atoms with Gasteiger partial charge in [-0.2, -0.15) is 5.84 Å². The van der Waals surface area contributed by atoms with Gasteiger partial charge in [0.25, 0.3) is 11.6 Å². The summed E-state index contributed by atoms with van der Waals surface area (Å²) in [5.41, 5.74) is 1.22. The predicted molar refractivity (Wildman–Crippen MR) is 61.2 cm³/mol. The molecule has 3 N–H and O–H groups in total. The summed E-state index contributed by atoms with van der Waals surface area (Å²) >= 11 is 0. The number of hydrogen-bond acceptors (Lipinski definition) is 2. The van der Waals surface area contributed by atoms with E-state index in [4.69, 9.17) is 10.9 Å². The van der Waals surface area contributed by atoms with Crippen molar-refractivity contribution in [3.05, 3.63) is 40.2 Å². The van der Waals surface area contributed by atoms with Crippen molar-refractivity contribution in [2.24, 2.45) is 5.84 Å². The van der Waals surface area contributed by atoms with Crippen molar-refractivity contribution in [2.45, 2.75) is 25.2 Å². The van der Waals surface area contributed by atoms with Crippen LogP contribution in [0.2, 0.25) is 0 Å².